The second kappa shape index (κ2) is 6.25. The van der Waals surface area contributed by atoms with Gasteiger partial charge in [-0.25, -0.2) is 0 Å². The highest BCUT2D eigenvalue weighted by molar-refractivity contribution is 5.28. The van der Waals surface area contributed by atoms with Crippen molar-refractivity contribution in [1.82, 2.24) is 5.32 Å². The molecule has 0 saturated carbocycles. The average Bonchev–Trinajstić information content (AvgIpc) is 2.20. The molecule has 0 unspecified atom stereocenters. The molecular formula is C13H19N. The molecule has 1 fully saturated rings. The van der Waals surface area contributed by atoms with Crippen LogP contribution in [0.1, 0.15) is 25.7 Å². The van der Waals surface area contributed by atoms with Crippen molar-refractivity contribution < 1.29 is 0 Å². The zero-order valence-corrected chi connectivity index (χ0v) is 8.76. The van der Waals surface area contributed by atoms with Gasteiger partial charge >= 0.3 is 0 Å². The van der Waals surface area contributed by atoms with E-state index >= 15 is 0 Å². The van der Waals surface area contributed by atoms with E-state index in [1.165, 1.54) is 18.4 Å². The Kier molecular flexibility index (Phi) is 4.84. The van der Waals surface area contributed by atoms with E-state index in [0.29, 0.717) is 0 Å². The minimum absolute atomic E-state index is 1.08. The normalized spacial score (nSPS) is 20.0. The molecule has 76 valence electrons. The van der Waals surface area contributed by atoms with Gasteiger partial charge in [-0.15, -0.1) is 0 Å². The predicted octanol–water partition coefficient (Wildman–Crippen LogP) is 3.33. The number of hydrogen-bond acceptors (Lipinski definition) is 1. The van der Waals surface area contributed by atoms with Gasteiger partial charge in [0.05, 0.1) is 0 Å². The van der Waals surface area contributed by atoms with Crippen LogP contribution in [0, 0.1) is 0 Å². The van der Waals surface area contributed by atoms with Crippen molar-refractivity contribution in [3.8, 4) is 0 Å². The Morgan fingerprint density at radius 1 is 1.36 bits per heavy atom. The summed E-state index contributed by atoms with van der Waals surface area (Å²) in [5.41, 5.74) is 2.51. The zero-order valence-electron chi connectivity index (χ0n) is 8.76. The largest absolute Gasteiger partial charge is 0.385 e. The first-order valence-electron chi connectivity index (χ1n) is 5.24. The summed E-state index contributed by atoms with van der Waals surface area (Å²) in [4.78, 5) is 0. The molecule has 0 radical (unpaired) electrons. The molecule has 1 heterocycles. The van der Waals surface area contributed by atoms with Gasteiger partial charge in [0.1, 0.15) is 0 Å². The van der Waals surface area contributed by atoms with E-state index in [0.717, 1.165) is 25.1 Å². The second-order valence-corrected chi connectivity index (χ2v) is 3.48. The van der Waals surface area contributed by atoms with Gasteiger partial charge < -0.3 is 5.32 Å². The molecule has 1 nitrogen and oxygen atoms in total. The Bertz CT molecular complexity index is 258. The van der Waals surface area contributed by atoms with Crippen LogP contribution in [0.4, 0.5) is 0 Å². The number of nitrogens with one attached hydrogen (secondary N) is 1. The van der Waals surface area contributed by atoms with Gasteiger partial charge in [0.15, 0.2) is 0 Å². The molecule has 0 spiro atoms. The maximum Gasteiger partial charge on any atom is 0.0296 e. The minimum Gasteiger partial charge on any atom is -0.385 e. The van der Waals surface area contributed by atoms with Crippen LogP contribution in [0.3, 0.4) is 0 Å². The summed E-state index contributed by atoms with van der Waals surface area (Å²) in [6.45, 7) is 8.71. The van der Waals surface area contributed by atoms with Crippen molar-refractivity contribution in [1.29, 1.82) is 0 Å². The van der Waals surface area contributed by atoms with Crippen LogP contribution >= 0.6 is 0 Å². The molecule has 1 rings (SSSR count). The van der Waals surface area contributed by atoms with E-state index in [2.05, 4.69) is 30.6 Å². The molecule has 0 aromatic carbocycles. The third-order valence-corrected chi connectivity index (χ3v) is 2.35. The van der Waals surface area contributed by atoms with Crippen LogP contribution in [-0.2, 0) is 0 Å². The van der Waals surface area contributed by atoms with Crippen LogP contribution in [0.2, 0.25) is 0 Å². The zero-order chi connectivity index (χ0) is 10.2. The Morgan fingerprint density at radius 3 is 2.93 bits per heavy atom. The van der Waals surface area contributed by atoms with Crippen molar-refractivity contribution in [3.05, 3.63) is 48.7 Å². The van der Waals surface area contributed by atoms with Gasteiger partial charge in [-0.2, -0.15) is 0 Å². The number of unbranched alkanes of at least 4 members (excludes halogenated alkanes) is 1. The Hall–Kier alpha value is -1.24. The molecular weight excluding hydrogens is 170 g/mol. The summed E-state index contributed by atoms with van der Waals surface area (Å²) in [6.07, 6.45) is 12.8. The molecule has 14 heavy (non-hydrogen) atoms. The molecule has 0 aliphatic carbocycles. The van der Waals surface area contributed by atoms with Crippen LogP contribution in [0.25, 0.3) is 0 Å². The lowest BCUT2D eigenvalue weighted by Crippen LogP contribution is -2.20. The third-order valence-electron chi connectivity index (χ3n) is 2.35. The molecule has 0 bridgehead atoms. The van der Waals surface area contributed by atoms with Crippen molar-refractivity contribution in [3.63, 3.8) is 0 Å². The van der Waals surface area contributed by atoms with Crippen LogP contribution in [0.5, 0.6) is 0 Å². The van der Waals surface area contributed by atoms with Crippen LogP contribution in [-0.4, -0.2) is 6.54 Å². The maximum atomic E-state index is 4.00. The fourth-order valence-corrected chi connectivity index (χ4v) is 1.55. The van der Waals surface area contributed by atoms with Gasteiger partial charge in [-0.05, 0) is 31.3 Å². The number of rotatable bonds is 4. The summed E-state index contributed by atoms with van der Waals surface area (Å²) in [5.74, 6) is 0. The van der Waals surface area contributed by atoms with Gasteiger partial charge in [0, 0.05) is 12.2 Å². The third kappa shape index (κ3) is 3.65. The maximum absolute atomic E-state index is 4.00. The second-order valence-electron chi connectivity index (χ2n) is 3.48. The number of piperidine rings is 1. The fourth-order valence-electron chi connectivity index (χ4n) is 1.55. The van der Waals surface area contributed by atoms with Crippen molar-refractivity contribution in [2.24, 2.45) is 0 Å². The Morgan fingerprint density at radius 2 is 2.21 bits per heavy atom. The Labute approximate surface area is 86.9 Å². The van der Waals surface area contributed by atoms with E-state index < -0.39 is 0 Å². The molecule has 0 aromatic rings. The van der Waals surface area contributed by atoms with Gasteiger partial charge in [0.25, 0.3) is 0 Å². The molecule has 1 aliphatic heterocycles. The summed E-state index contributed by atoms with van der Waals surface area (Å²) in [7, 11) is 0. The summed E-state index contributed by atoms with van der Waals surface area (Å²) in [6, 6.07) is 0. The molecule has 1 N–H and O–H groups in total. The highest BCUT2D eigenvalue weighted by Gasteiger charge is 2.06. The highest BCUT2D eigenvalue weighted by Crippen LogP contribution is 2.17. The van der Waals surface area contributed by atoms with Crippen molar-refractivity contribution in [2.45, 2.75) is 25.7 Å². The quantitative estimate of drug-likeness (QED) is 0.528. The van der Waals surface area contributed by atoms with Crippen LogP contribution in [0.15, 0.2) is 48.7 Å². The monoisotopic (exact) mass is 189 g/mol. The van der Waals surface area contributed by atoms with E-state index in [-0.39, 0.29) is 0 Å². The minimum atomic E-state index is 1.08. The van der Waals surface area contributed by atoms with Gasteiger partial charge in [-0.3, -0.25) is 0 Å². The molecule has 1 heteroatoms. The molecule has 0 amide bonds. The lowest BCUT2D eigenvalue weighted by atomic mass is 10.0. The van der Waals surface area contributed by atoms with Crippen LogP contribution < -0.4 is 5.32 Å². The SMILES string of the molecule is C=C/C=C\CC/C=C1\CCCNC1=C. The van der Waals surface area contributed by atoms with Gasteiger partial charge in [0.2, 0.25) is 0 Å². The smallest absolute Gasteiger partial charge is 0.0296 e. The first-order valence-corrected chi connectivity index (χ1v) is 5.24. The van der Waals surface area contributed by atoms with Crippen molar-refractivity contribution >= 4 is 0 Å². The molecule has 1 saturated heterocycles. The van der Waals surface area contributed by atoms with Crippen molar-refractivity contribution in [2.75, 3.05) is 6.54 Å². The van der Waals surface area contributed by atoms with E-state index in [1.54, 1.807) is 0 Å². The summed E-state index contributed by atoms with van der Waals surface area (Å²) < 4.78 is 0. The average molecular weight is 189 g/mol. The predicted molar refractivity (Wildman–Crippen MR) is 63.0 cm³/mol. The number of allylic oxidation sites excluding steroid dienone is 5. The topological polar surface area (TPSA) is 12.0 Å². The highest BCUT2D eigenvalue weighted by atomic mass is 14.9. The van der Waals surface area contributed by atoms with Gasteiger partial charge in [-0.1, -0.05) is 37.5 Å². The van der Waals surface area contributed by atoms with E-state index in [1.807, 2.05) is 12.2 Å². The lowest BCUT2D eigenvalue weighted by Gasteiger charge is -2.19. The first kappa shape index (κ1) is 10.8. The first-order chi connectivity index (χ1) is 6.84. The molecule has 0 atom stereocenters. The van der Waals surface area contributed by atoms with E-state index in [4.69, 9.17) is 0 Å². The molecule has 0 aromatic heterocycles. The molecule has 1 aliphatic rings. The Balaban J connectivity index is 2.31. The fraction of sp³-hybridized carbons (Fsp3) is 0.385. The summed E-state index contributed by atoms with van der Waals surface area (Å²) in [5, 5.41) is 3.29. The standard InChI is InChI=1S/C13H19N/c1-3-4-5-6-7-9-13-10-8-11-14-12(13)2/h3-5,9,14H,1-2,6-8,10-11H2/b5-4-,13-9+. The van der Waals surface area contributed by atoms with E-state index in [9.17, 15) is 0 Å². The number of hydrogen-bond donors (Lipinski definition) is 1. The lowest BCUT2D eigenvalue weighted by molar-refractivity contribution is 0.668. The summed E-state index contributed by atoms with van der Waals surface area (Å²) >= 11 is 0.